The Hall–Kier alpha value is -2.71. The highest BCUT2D eigenvalue weighted by molar-refractivity contribution is 5.75. The molecule has 0 saturated carbocycles. The summed E-state index contributed by atoms with van der Waals surface area (Å²) in [7, 11) is 3.45. The minimum absolute atomic E-state index is 0.0445. The minimum Gasteiger partial charge on any atom is -0.358 e. The number of nitrogens with zero attached hydrogens (tertiary/aromatic N) is 6. The maximum Gasteiger partial charge on any atom is 0.389 e. The molecule has 2 aromatic heterocycles. The van der Waals surface area contributed by atoms with Crippen LogP contribution in [0.4, 0.5) is 5.82 Å². The molecule has 0 aliphatic rings. The number of carbonyl (C=O) groups excluding carboxylic acids is 1. The first kappa shape index (κ1) is 13.7. The molecule has 2 aromatic rings. The van der Waals surface area contributed by atoms with E-state index in [4.69, 9.17) is 0 Å². The number of amides is 1. The maximum atomic E-state index is 12.0. The number of hydrogen-bond acceptors (Lipinski definition) is 5. The summed E-state index contributed by atoms with van der Waals surface area (Å²) in [6.07, 6.45) is 3.20. The van der Waals surface area contributed by atoms with Crippen molar-refractivity contribution in [1.29, 1.82) is 0 Å². The zero-order chi connectivity index (χ0) is 14.7. The van der Waals surface area contributed by atoms with Gasteiger partial charge in [0.1, 0.15) is 6.54 Å². The van der Waals surface area contributed by atoms with Gasteiger partial charge in [0.05, 0.1) is 29.6 Å². The summed E-state index contributed by atoms with van der Waals surface area (Å²) in [6.45, 7) is 0.334. The van der Waals surface area contributed by atoms with Crippen LogP contribution in [-0.2, 0) is 24.9 Å². The van der Waals surface area contributed by atoms with Crippen LogP contribution in [0.3, 0.4) is 0 Å². The van der Waals surface area contributed by atoms with E-state index in [9.17, 15) is 14.9 Å². The molecule has 2 rings (SSSR count). The molecule has 0 bridgehead atoms. The van der Waals surface area contributed by atoms with E-state index < -0.39 is 4.92 Å². The molecule has 9 nitrogen and oxygen atoms in total. The highest BCUT2D eigenvalue weighted by Gasteiger charge is 2.16. The molecule has 1 amide bonds. The first-order valence-corrected chi connectivity index (χ1v) is 5.86. The summed E-state index contributed by atoms with van der Waals surface area (Å²) >= 11 is 0. The van der Waals surface area contributed by atoms with Gasteiger partial charge >= 0.3 is 5.82 Å². The molecule has 0 N–H and O–H groups in total. The number of aromatic nitrogens is 4. The van der Waals surface area contributed by atoms with Gasteiger partial charge in [-0.25, -0.2) is 0 Å². The van der Waals surface area contributed by atoms with Crippen molar-refractivity contribution in [2.75, 3.05) is 7.05 Å². The minimum atomic E-state index is -0.599. The van der Waals surface area contributed by atoms with E-state index in [1.807, 2.05) is 6.07 Å². The van der Waals surface area contributed by atoms with Crippen LogP contribution in [0.5, 0.6) is 0 Å². The predicted octanol–water partition coefficient (Wildman–Crippen LogP) is 0.183. The van der Waals surface area contributed by atoms with Crippen molar-refractivity contribution >= 4 is 11.7 Å². The number of likely N-dealkylation sites (N-methyl/N-ethyl adjacent to an activating group) is 1. The van der Waals surface area contributed by atoms with Crippen LogP contribution in [0, 0.1) is 10.1 Å². The van der Waals surface area contributed by atoms with Crippen LogP contribution >= 0.6 is 0 Å². The summed E-state index contributed by atoms with van der Waals surface area (Å²) in [4.78, 5) is 23.4. The standard InChI is InChI=1S/C11H14N6O3/c1-14(7-9-3-5-15(2)12-9)11(18)8-16-6-4-10(13-16)17(19)20/h3-6H,7-8H2,1-2H3. The van der Waals surface area contributed by atoms with Gasteiger partial charge in [0.15, 0.2) is 0 Å². The third-order valence-electron chi connectivity index (χ3n) is 2.70. The Labute approximate surface area is 114 Å². The molecule has 2 heterocycles. The molecule has 20 heavy (non-hydrogen) atoms. The van der Waals surface area contributed by atoms with Crippen molar-refractivity contribution in [3.05, 3.63) is 40.3 Å². The lowest BCUT2D eigenvalue weighted by Crippen LogP contribution is -2.30. The first-order chi connectivity index (χ1) is 9.45. The smallest absolute Gasteiger partial charge is 0.358 e. The molecule has 0 aliphatic carbocycles. The summed E-state index contributed by atoms with van der Waals surface area (Å²) in [5.74, 6) is -0.473. The fraction of sp³-hybridized carbons (Fsp3) is 0.364. The summed E-state index contributed by atoms with van der Waals surface area (Å²) in [6, 6.07) is 3.08. The molecule has 0 unspecified atom stereocenters. The zero-order valence-corrected chi connectivity index (χ0v) is 11.1. The van der Waals surface area contributed by atoms with E-state index in [0.29, 0.717) is 6.54 Å². The van der Waals surface area contributed by atoms with Gasteiger partial charge < -0.3 is 15.0 Å². The van der Waals surface area contributed by atoms with Crippen molar-refractivity contribution in [2.45, 2.75) is 13.1 Å². The molecule has 106 valence electrons. The molecule has 0 aromatic carbocycles. The van der Waals surface area contributed by atoms with Gasteiger partial charge in [-0.15, -0.1) is 0 Å². The van der Waals surface area contributed by atoms with Crippen LogP contribution < -0.4 is 0 Å². The lowest BCUT2D eigenvalue weighted by molar-refractivity contribution is -0.389. The number of rotatable bonds is 5. The second-order valence-electron chi connectivity index (χ2n) is 4.36. The van der Waals surface area contributed by atoms with E-state index >= 15 is 0 Å². The molecule has 0 atom stereocenters. The number of nitro groups is 1. The molecular weight excluding hydrogens is 264 g/mol. The van der Waals surface area contributed by atoms with Crippen LogP contribution in [0.25, 0.3) is 0 Å². The van der Waals surface area contributed by atoms with Gasteiger partial charge in [0, 0.05) is 20.3 Å². The Morgan fingerprint density at radius 2 is 2.15 bits per heavy atom. The van der Waals surface area contributed by atoms with Crippen molar-refractivity contribution < 1.29 is 9.72 Å². The van der Waals surface area contributed by atoms with Gasteiger partial charge in [-0.05, 0) is 11.0 Å². The highest BCUT2D eigenvalue weighted by atomic mass is 16.6. The van der Waals surface area contributed by atoms with E-state index in [2.05, 4.69) is 10.2 Å². The lowest BCUT2D eigenvalue weighted by Gasteiger charge is -2.14. The average Bonchev–Trinajstić information content (AvgIpc) is 2.98. The van der Waals surface area contributed by atoms with Crippen molar-refractivity contribution in [1.82, 2.24) is 24.5 Å². The Morgan fingerprint density at radius 1 is 1.40 bits per heavy atom. The lowest BCUT2D eigenvalue weighted by atomic mass is 10.4. The van der Waals surface area contributed by atoms with Crippen molar-refractivity contribution in [2.24, 2.45) is 7.05 Å². The topological polar surface area (TPSA) is 99.1 Å². The third-order valence-corrected chi connectivity index (χ3v) is 2.70. The summed E-state index contributed by atoms with van der Waals surface area (Å²) in [5, 5.41) is 18.4. The van der Waals surface area contributed by atoms with Gasteiger partial charge in [-0.3, -0.25) is 9.48 Å². The van der Waals surface area contributed by atoms with Crippen LogP contribution in [0.2, 0.25) is 0 Å². The Balaban J connectivity index is 1.94. The largest absolute Gasteiger partial charge is 0.389 e. The second-order valence-corrected chi connectivity index (χ2v) is 4.36. The fourth-order valence-electron chi connectivity index (χ4n) is 1.67. The van der Waals surface area contributed by atoms with Gasteiger partial charge in [-0.2, -0.15) is 9.78 Å². The second kappa shape index (κ2) is 5.51. The molecule has 0 aliphatic heterocycles. The van der Waals surface area contributed by atoms with E-state index in [-0.39, 0.29) is 18.3 Å². The molecule has 0 fully saturated rings. The van der Waals surface area contributed by atoms with Crippen LogP contribution in [0.1, 0.15) is 5.69 Å². The molecular formula is C11H14N6O3. The third kappa shape index (κ3) is 3.19. The van der Waals surface area contributed by atoms with Gasteiger partial charge in [-0.1, -0.05) is 0 Å². The van der Waals surface area contributed by atoms with Crippen LogP contribution in [-0.4, -0.2) is 42.3 Å². The number of hydrogen-bond donors (Lipinski definition) is 0. The maximum absolute atomic E-state index is 12.0. The molecule has 0 spiro atoms. The number of aryl methyl sites for hydroxylation is 1. The normalized spacial score (nSPS) is 10.5. The molecule has 0 saturated heterocycles. The summed E-state index contributed by atoms with van der Waals surface area (Å²) in [5.41, 5.74) is 0.773. The summed E-state index contributed by atoms with van der Waals surface area (Å²) < 4.78 is 2.90. The predicted molar refractivity (Wildman–Crippen MR) is 68.6 cm³/mol. The zero-order valence-electron chi connectivity index (χ0n) is 11.1. The van der Waals surface area contributed by atoms with Gasteiger partial charge in [0.2, 0.25) is 5.91 Å². The SMILES string of the molecule is CN(Cc1ccn(C)n1)C(=O)Cn1ccc([N+](=O)[O-])n1. The fourth-order valence-corrected chi connectivity index (χ4v) is 1.67. The van der Waals surface area contributed by atoms with E-state index in [1.54, 1.807) is 25.0 Å². The van der Waals surface area contributed by atoms with Crippen LogP contribution in [0.15, 0.2) is 24.5 Å². The average molecular weight is 278 g/mol. The Morgan fingerprint density at radius 3 is 2.70 bits per heavy atom. The highest BCUT2D eigenvalue weighted by Crippen LogP contribution is 2.06. The Bertz CT molecular complexity index is 632. The van der Waals surface area contributed by atoms with Gasteiger partial charge in [0.25, 0.3) is 0 Å². The monoisotopic (exact) mass is 278 g/mol. The van der Waals surface area contributed by atoms with Crippen molar-refractivity contribution in [3.63, 3.8) is 0 Å². The first-order valence-electron chi connectivity index (χ1n) is 5.86. The molecule has 9 heteroatoms. The van der Waals surface area contributed by atoms with Crippen molar-refractivity contribution in [3.8, 4) is 0 Å². The van der Waals surface area contributed by atoms with E-state index in [0.717, 1.165) is 5.69 Å². The quantitative estimate of drug-likeness (QED) is 0.574. The van der Waals surface area contributed by atoms with E-state index in [1.165, 1.54) is 21.8 Å². The molecule has 0 radical (unpaired) electrons. The Kier molecular flexibility index (Phi) is 3.78. The number of carbonyl (C=O) groups is 1.